The lowest BCUT2D eigenvalue weighted by Gasteiger charge is -2.00. The average molecular weight is 216 g/mol. The lowest BCUT2D eigenvalue weighted by Crippen LogP contribution is -2.21. The minimum atomic E-state index is -1.10. The zero-order chi connectivity index (χ0) is 12.0. The molecule has 1 rings (SSSR count). The van der Waals surface area contributed by atoms with Crippen molar-refractivity contribution in [3.63, 3.8) is 0 Å². The van der Waals surface area contributed by atoms with E-state index in [9.17, 15) is 9.18 Å². The lowest BCUT2D eigenvalue weighted by atomic mass is 9.63. The van der Waals surface area contributed by atoms with Gasteiger partial charge in [-0.15, -0.1) is 0 Å². The molecule has 0 unspecified atom stereocenters. The molecule has 1 aromatic carbocycles. The highest BCUT2D eigenvalue weighted by molar-refractivity contribution is 6.66. The second-order valence-corrected chi connectivity index (χ2v) is 3.00. The van der Waals surface area contributed by atoms with E-state index in [0.29, 0.717) is 5.46 Å². The molecule has 0 saturated carbocycles. The van der Waals surface area contributed by atoms with Crippen molar-refractivity contribution in [3.8, 4) is 0 Å². The third kappa shape index (κ3) is 3.58. The molecule has 0 heterocycles. The summed E-state index contributed by atoms with van der Waals surface area (Å²) in [6.45, 7) is 6.58. The lowest BCUT2D eigenvalue weighted by molar-refractivity contribution is -0.131. The molecule has 1 radical (unpaired) electrons. The van der Waals surface area contributed by atoms with E-state index < -0.39 is 5.97 Å². The molecule has 16 heavy (non-hydrogen) atoms. The summed E-state index contributed by atoms with van der Waals surface area (Å²) in [5.74, 6) is -1.48. The third-order valence-electron chi connectivity index (χ3n) is 1.84. The fraction of sp³-hybridized carbons (Fsp3) is 0.0909. The van der Waals surface area contributed by atoms with Gasteiger partial charge in [0, 0.05) is 5.47 Å². The van der Waals surface area contributed by atoms with Crippen LogP contribution in [0.4, 0.5) is 4.39 Å². The van der Waals surface area contributed by atoms with Gasteiger partial charge < -0.3 is 9.95 Å². The zero-order valence-corrected chi connectivity index (χ0v) is 8.35. The largest absolute Gasteiger partial charge is 0.478 e. The van der Waals surface area contributed by atoms with Crippen molar-refractivity contribution < 1.29 is 14.3 Å². The molecule has 5 heteroatoms. The van der Waals surface area contributed by atoms with Crippen LogP contribution < -0.4 is 5.46 Å². The summed E-state index contributed by atoms with van der Waals surface area (Å²) in [4.78, 5) is 13.8. The Morgan fingerprint density at radius 2 is 2.12 bits per heavy atom. The molecule has 0 aliphatic heterocycles. The van der Waals surface area contributed by atoms with Crippen molar-refractivity contribution >= 4 is 18.7 Å². The summed E-state index contributed by atoms with van der Waals surface area (Å²) in [6, 6.07) is 5.45. The molecule has 0 spiro atoms. The van der Waals surface area contributed by atoms with Gasteiger partial charge in [-0.05, 0) is 18.2 Å². The molecule has 1 N–H and O–H groups in total. The Morgan fingerprint density at radius 1 is 1.50 bits per heavy atom. The van der Waals surface area contributed by atoms with E-state index >= 15 is 0 Å². The maximum Gasteiger partial charge on any atom is 0.322 e. The van der Waals surface area contributed by atoms with Crippen LogP contribution in [0.25, 0.3) is 4.85 Å². The maximum atomic E-state index is 12.6. The molecule has 79 valence electrons. The predicted octanol–water partition coefficient (Wildman–Crippen LogP) is 1.04. The SMILES string of the molecule is [C-]#[N+]CC=C([B]c1ccc(F)cc1)C(=O)O. The Hall–Kier alpha value is -2.09. The Labute approximate surface area is 93.3 Å². The number of carbonyl (C=O) groups is 1. The Kier molecular flexibility index (Phi) is 4.28. The number of hydrogen-bond donors (Lipinski definition) is 1. The van der Waals surface area contributed by atoms with Gasteiger partial charge in [0.2, 0.25) is 13.8 Å². The van der Waals surface area contributed by atoms with Crippen LogP contribution in [0, 0.1) is 12.4 Å². The van der Waals surface area contributed by atoms with Crippen molar-refractivity contribution in [2.75, 3.05) is 6.54 Å². The quantitative estimate of drug-likeness (QED) is 0.464. The minimum Gasteiger partial charge on any atom is -0.478 e. The first-order valence-corrected chi connectivity index (χ1v) is 4.50. The highest BCUT2D eigenvalue weighted by atomic mass is 19.1. The van der Waals surface area contributed by atoms with E-state index in [1.807, 2.05) is 0 Å². The van der Waals surface area contributed by atoms with E-state index in [0.717, 1.165) is 0 Å². The Balaban J connectivity index is 2.80. The van der Waals surface area contributed by atoms with E-state index in [1.54, 1.807) is 0 Å². The molecule has 1 aromatic rings. The number of aliphatic carboxylic acids is 1. The standard InChI is InChI=1S/C11H8BFNO2/c1-14-7-6-10(11(15)16)12-8-2-4-9(13)5-3-8/h2-6H,7H2,(H,15,16). The topological polar surface area (TPSA) is 41.7 Å². The summed E-state index contributed by atoms with van der Waals surface area (Å²) in [7, 11) is 1.40. The maximum absolute atomic E-state index is 12.6. The molecule has 0 atom stereocenters. The number of hydrogen-bond acceptors (Lipinski definition) is 1. The molecule has 0 bridgehead atoms. The Morgan fingerprint density at radius 3 is 2.62 bits per heavy atom. The summed E-state index contributed by atoms with van der Waals surface area (Å²) in [6.07, 6.45) is 1.32. The Bertz CT molecular complexity index is 448. The van der Waals surface area contributed by atoms with Crippen LogP contribution in [0.1, 0.15) is 0 Å². The highest BCUT2D eigenvalue weighted by Crippen LogP contribution is 1.97. The number of nitrogens with zero attached hydrogens (tertiary/aromatic N) is 1. The second kappa shape index (κ2) is 5.71. The van der Waals surface area contributed by atoms with Crippen LogP contribution in [0.5, 0.6) is 0 Å². The van der Waals surface area contributed by atoms with Crippen molar-refractivity contribution in [2.24, 2.45) is 0 Å². The predicted molar refractivity (Wildman–Crippen MR) is 59.0 cm³/mol. The smallest absolute Gasteiger partial charge is 0.322 e. The highest BCUT2D eigenvalue weighted by Gasteiger charge is 2.10. The number of carboxylic acids is 1. The molecule has 0 aliphatic rings. The summed E-state index contributed by atoms with van der Waals surface area (Å²) < 4.78 is 12.6. The molecular weight excluding hydrogens is 208 g/mol. The number of carboxylic acid groups (broad SMARTS) is 1. The van der Waals surface area contributed by atoms with E-state index in [2.05, 4.69) is 4.85 Å². The van der Waals surface area contributed by atoms with Gasteiger partial charge in [0.05, 0.1) is 0 Å². The normalized spacial score (nSPS) is 10.6. The molecule has 0 amide bonds. The van der Waals surface area contributed by atoms with E-state index in [4.69, 9.17) is 11.7 Å². The summed E-state index contributed by atoms with van der Waals surface area (Å²) in [5, 5.41) is 8.84. The second-order valence-electron chi connectivity index (χ2n) is 3.00. The molecule has 3 nitrogen and oxygen atoms in total. The molecule has 0 fully saturated rings. The van der Waals surface area contributed by atoms with Gasteiger partial charge in [-0.1, -0.05) is 17.6 Å². The summed E-state index contributed by atoms with van der Waals surface area (Å²) in [5.41, 5.74) is 0.614. The average Bonchev–Trinajstić information content (AvgIpc) is 2.26. The van der Waals surface area contributed by atoms with E-state index in [1.165, 1.54) is 37.6 Å². The number of benzene rings is 1. The zero-order valence-electron chi connectivity index (χ0n) is 8.35. The fourth-order valence-electron chi connectivity index (χ4n) is 1.09. The van der Waals surface area contributed by atoms with Crippen molar-refractivity contribution in [1.82, 2.24) is 0 Å². The van der Waals surface area contributed by atoms with Gasteiger partial charge in [0.15, 0.2) is 0 Å². The van der Waals surface area contributed by atoms with E-state index in [-0.39, 0.29) is 17.8 Å². The van der Waals surface area contributed by atoms with Crippen LogP contribution in [0.2, 0.25) is 0 Å². The van der Waals surface area contributed by atoms with Gasteiger partial charge in [-0.3, -0.25) is 0 Å². The van der Waals surface area contributed by atoms with Crippen molar-refractivity contribution in [2.45, 2.75) is 0 Å². The third-order valence-corrected chi connectivity index (χ3v) is 1.84. The summed E-state index contributed by atoms with van der Waals surface area (Å²) >= 11 is 0. The molecular formula is C11H8BFNO2. The number of halogens is 1. The van der Waals surface area contributed by atoms with Crippen LogP contribution in [0.3, 0.4) is 0 Å². The van der Waals surface area contributed by atoms with Gasteiger partial charge in [-0.25, -0.2) is 15.8 Å². The molecule has 0 aromatic heterocycles. The van der Waals surface area contributed by atoms with Crippen LogP contribution >= 0.6 is 0 Å². The van der Waals surface area contributed by atoms with Crippen LogP contribution in [-0.4, -0.2) is 24.9 Å². The first kappa shape index (κ1) is 12.0. The van der Waals surface area contributed by atoms with Gasteiger partial charge >= 0.3 is 5.97 Å². The minimum absolute atomic E-state index is 0.0132. The molecule has 0 aliphatic carbocycles. The fourth-order valence-corrected chi connectivity index (χ4v) is 1.09. The van der Waals surface area contributed by atoms with Crippen LogP contribution in [0.15, 0.2) is 35.8 Å². The van der Waals surface area contributed by atoms with Crippen LogP contribution in [-0.2, 0) is 4.79 Å². The van der Waals surface area contributed by atoms with Gasteiger partial charge in [0.1, 0.15) is 5.82 Å². The van der Waals surface area contributed by atoms with Gasteiger partial charge in [0.25, 0.3) is 0 Å². The first-order chi connectivity index (χ1) is 7.63. The van der Waals surface area contributed by atoms with Crippen molar-refractivity contribution in [3.05, 3.63) is 53.0 Å². The first-order valence-electron chi connectivity index (χ1n) is 4.50. The monoisotopic (exact) mass is 216 g/mol. The van der Waals surface area contributed by atoms with Gasteiger partial charge in [-0.2, -0.15) is 0 Å². The number of rotatable bonds is 4. The molecule has 0 saturated heterocycles. The van der Waals surface area contributed by atoms with Crippen molar-refractivity contribution in [1.29, 1.82) is 0 Å².